The van der Waals surface area contributed by atoms with Crippen LogP contribution in [-0.2, 0) is 0 Å². The van der Waals surface area contributed by atoms with E-state index in [0.717, 1.165) is 60.8 Å². The zero-order valence-corrected chi connectivity index (χ0v) is 22.0. The van der Waals surface area contributed by atoms with Gasteiger partial charge in [-0.05, 0) is 65.2 Å². The van der Waals surface area contributed by atoms with Crippen molar-refractivity contribution in [2.45, 2.75) is 0 Å². The van der Waals surface area contributed by atoms with E-state index in [2.05, 4.69) is 139 Å². The average molecular weight is 516 g/mol. The molecule has 3 nitrogen and oxygen atoms in total. The van der Waals surface area contributed by atoms with Gasteiger partial charge in [0.15, 0.2) is 11.2 Å². The van der Waals surface area contributed by atoms with E-state index in [4.69, 9.17) is 8.83 Å². The fourth-order valence-electron chi connectivity index (χ4n) is 5.84. The molecule has 0 fully saturated rings. The van der Waals surface area contributed by atoms with Crippen molar-refractivity contribution < 1.29 is 8.83 Å². The van der Waals surface area contributed by atoms with Crippen molar-refractivity contribution in [1.82, 2.24) is 0 Å². The second kappa shape index (κ2) is 8.89. The highest BCUT2D eigenvalue weighted by Crippen LogP contribution is 2.41. The number of furan rings is 2. The third kappa shape index (κ3) is 3.52. The van der Waals surface area contributed by atoms with Crippen LogP contribution in [-0.4, -0.2) is 7.05 Å². The second-order valence-corrected chi connectivity index (χ2v) is 10.2. The Kier molecular flexibility index (Phi) is 5.04. The van der Waals surface area contributed by atoms with Crippen LogP contribution in [0.3, 0.4) is 0 Å². The molecule has 2 heterocycles. The number of para-hydroxylation sites is 1. The lowest BCUT2D eigenvalue weighted by Gasteiger charge is -2.23. The Hall–Kier alpha value is -5.28. The summed E-state index contributed by atoms with van der Waals surface area (Å²) < 4.78 is 12.9. The standard InChI is InChI=1S/C37H25NO2/c1-38(33-15-9-8-14-28(33)25-12-6-3-7-13-25)27-17-21-34-32(23-27)31-20-19-30-29-18-16-26(24-10-4-2-5-11-24)22-35(29)40-36(30)37(31)39-34/h2-23H,1H3. The van der Waals surface area contributed by atoms with Crippen molar-refractivity contribution in [3.63, 3.8) is 0 Å². The van der Waals surface area contributed by atoms with E-state index in [9.17, 15) is 0 Å². The van der Waals surface area contributed by atoms with Crippen LogP contribution in [0.1, 0.15) is 0 Å². The van der Waals surface area contributed by atoms with Gasteiger partial charge in [0.1, 0.15) is 11.2 Å². The largest absolute Gasteiger partial charge is 0.452 e. The molecule has 6 aromatic carbocycles. The van der Waals surface area contributed by atoms with Gasteiger partial charge in [-0.1, -0.05) is 84.9 Å². The predicted octanol–water partition coefficient (Wildman–Crippen LogP) is 10.6. The van der Waals surface area contributed by atoms with Gasteiger partial charge >= 0.3 is 0 Å². The van der Waals surface area contributed by atoms with Crippen LogP contribution in [0.15, 0.2) is 142 Å². The molecule has 190 valence electrons. The molecule has 0 saturated heterocycles. The summed E-state index contributed by atoms with van der Waals surface area (Å²) in [5, 5.41) is 4.28. The molecule has 0 atom stereocenters. The summed E-state index contributed by atoms with van der Waals surface area (Å²) in [5.74, 6) is 0. The number of nitrogens with zero attached hydrogens (tertiary/aromatic N) is 1. The van der Waals surface area contributed by atoms with E-state index in [1.807, 2.05) is 6.07 Å². The minimum Gasteiger partial charge on any atom is -0.452 e. The minimum absolute atomic E-state index is 0.787. The normalized spacial score (nSPS) is 11.6. The maximum Gasteiger partial charge on any atom is 0.178 e. The molecule has 0 N–H and O–H groups in total. The Morgan fingerprint density at radius 2 is 1.07 bits per heavy atom. The summed E-state index contributed by atoms with van der Waals surface area (Å²) in [7, 11) is 2.12. The van der Waals surface area contributed by atoms with Crippen molar-refractivity contribution in [2.75, 3.05) is 11.9 Å². The summed E-state index contributed by atoms with van der Waals surface area (Å²) >= 11 is 0. The van der Waals surface area contributed by atoms with Crippen molar-refractivity contribution in [2.24, 2.45) is 0 Å². The zero-order valence-electron chi connectivity index (χ0n) is 22.0. The molecule has 0 spiro atoms. The second-order valence-electron chi connectivity index (χ2n) is 10.2. The molecule has 0 radical (unpaired) electrons. The number of anilines is 2. The number of benzene rings is 6. The molecule has 0 bridgehead atoms. The highest BCUT2D eigenvalue weighted by Gasteiger charge is 2.18. The van der Waals surface area contributed by atoms with Crippen LogP contribution in [0.25, 0.3) is 66.1 Å². The lowest BCUT2D eigenvalue weighted by molar-refractivity contribution is 0.633. The van der Waals surface area contributed by atoms with Gasteiger partial charge < -0.3 is 13.7 Å². The predicted molar refractivity (Wildman–Crippen MR) is 166 cm³/mol. The van der Waals surface area contributed by atoms with Gasteiger partial charge in [-0.15, -0.1) is 0 Å². The first-order valence-corrected chi connectivity index (χ1v) is 13.5. The van der Waals surface area contributed by atoms with Crippen LogP contribution < -0.4 is 4.90 Å². The number of hydrogen-bond donors (Lipinski definition) is 0. The molecule has 2 aromatic heterocycles. The van der Waals surface area contributed by atoms with Gasteiger partial charge in [-0.25, -0.2) is 0 Å². The first-order valence-electron chi connectivity index (χ1n) is 13.5. The molecule has 40 heavy (non-hydrogen) atoms. The minimum atomic E-state index is 0.787. The fraction of sp³-hybridized carbons (Fsp3) is 0.0270. The van der Waals surface area contributed by atoms with Crippen LogP contribution in [0.5, 0.6) is 0 Å². The summed E-state index contributed by atoms with van der Waals surface area (Å²) in [6.07, 6.45) is 0. The van der Waals surface area contributed by atoms with E-state index < -0.39 is 0 Å². The molecule has 8 rings (SSSR count). The zero-order chi connectivity index (χ0) is 26.6. The van der Waals surface area contributed by atoms with Gasteiger partial charge in [0.2, 0.25) is 0 Å². The molecular formula is C37H25NO2. The Morgan fingerprint density at radius 1 is 0.450 bits per heavy atom. The van der Waals surface area contributed by atoms with Gasteiger partial charge in [0, 0.05) is 45.5 Å². The first-order chi connectivity index (χ1) is 19.7. The molecular weight excluding hydrogens is 490 g/mol. The van der Waals surface area contributed by atoms with E-state index in [0.29, 0.717) is 0 Å². The smallest absolute Gasteiger partial charge is 0.178 e. The lowest BCUT2D eigenvalue weighted by atomic mass is 10.0. The molecule has 0 aliphatic carbocycles. The van der Waals surface area contributed by atoms with Crippen molar-refractivity contribution in [3.05, 3.63) is 133 Å². The summed E-state index contributed by atoms with van der Waals surface area (Å²) in [6, 6.07) is 46.6. The maximum atomic E-state index is 6.46. The van der Waals surface area contributed by atoms with Crippen LogP contribution in [0.4, 0.5) is 11.4 Å². The van der Waals surface area contributed by atoms with Gasteiger partial charge in [0.25, 0.3) is 0 Å². The maximum absolute atomic E-state index is 6.46. The number of fused-ring (bicyclic) bond motifs is 7. The Labute approximate surface area is 231 Å². The van der Waals surface area contributed by atoms with Gasteiger partial charge in [-0.2, -0.15) is 0 Å². The summed E-state index contributed by atoms with van der Waals surface area (Å²) in [4.78, 5) is 2.24. The first kappa shape index (κ1) is 22.7. The quantitative estimate of drug-likeness (QED) is 0.233. The van der Waals surface area contributed by atoms with E-state index >= 15 is 0 Å². The Bertz CT molecular complexity index is 2170. The van der Waals surface area contributed by atoms with Crippen LogP contribution in [0, 0.1) is 0 Å². The van der Waals surface area contributed by atoms with Crippen molar-refractivity contribution >= 4 is 55.3 Å². The third-order valence-electron chi connectivity index (χ3n) is 7.91. The summed E-state index contributed by atoms with van der Waals surface area (Å²) in [6.45, 7) is 0. The highest BCUT2D eigenvalue weighted by molar-refractivity contribution is 6.19. The third-order valence-corrected chi connectivity index (χ3v) is 7.91. The lowest BCUT2D eigenvalue weighted by Crippen LogP contribution is -2.10. The molecule has 0 aliphatic rings. The number of hydrogen-bond acceptors (Lipinski definition) is 3. The van der Waals surface area contributed by atoms with Gasteiger partial charge in [0.05, 0.1) is 0 Å². The van der Waals surface area contributed by atoms with Crippen LogP contribution >= 0.6 is 0 Å². The monoisotopic (exact) mass is 515 g/mol. The molecule has 3 heteroatoms. The summed E-state index contributed by atoms with van der Waals surface area (Å²) in [5.41, 5.74) is 10.2. The van der Waals surface area contributed by atoms with Crippen LogP contribution in [0.2, 0.25) is 0 Å². The van der Waals surface area contributed by atoms with Gasteiger partial charge in [-0.3, -0.25) is 0 Å². The molecule has 0 saturated carbocycles. The average Bonchev–Trinajstić information content (AvgIpc) is 3.59. The topological polar surface area (TPSA) is 29.5 Å². The number of rotatable bonds is 4. The fourth-order valence-corrected chi connectivity index (χ4v) is 5.84. The highest BCUT2D eigenvalue weighted by atomic mass is 16.4. The van der Waals surface area contributed by atoms with Crippen molar-refractivity contribution in [3.8, 4) is 22.3 Å². The molecule has 8 aromatic rings. The van der Waals surface area contributed by atoms with E-state index in [-0.39, 0.29) is 0 Å². The molecule has 0 aliphatic heterocycles. The molecule has 0 amide bonds. The Morgan fingerprint density at radius 3 is 1.85 bits per heavy atom. The van der Waals surface area contributed by atoms with E-state index in [1.54, 1.807) is 0 Å². The van der Waals surface area contributed by atoms with E-state index in [1.165, 1.54) is 16.7 Å². The molecule has 0 unspecified atom stereocenters. The SMILES string of the molecule is CN(c1ccc2oc3c(ccc4c5ccc(-c6ccccc6)cc5oc43)c2c1)c1ccccc1-c1ccccc1. The van der Waals surface area contributed by atoms with Crippen molar-refractivity contribution in [1.29, 1.82) is 0 Å². The Balaban J connectivity index is 1.26.